The van der Waals surface area contributed by atoms with Gasteiger partial charge in [-0.2, -0.15) is 5.26 Å². The Hall–Kier alpha value is -0.860. The van der Waals surface area contributed by atoms with Crippen molar-refractivity contribution in [1.29, 1.82) is 5.26 Å². The van der Waals surface area contributed by atoms with Crippen LogP contribution in [0.15, 0.2) is 33.6 Å². The van der Waals surface area contributed by atoms with Gasteiger partial charge >= 0.3 is 0 Å². The molecule has 90 valence electrons. The van der Waals surface area contributed by atoms with Crippen LogP contribution in [0.2, 0.25) is 0 Å². The zero-order valence-electron chi connectivity index (χ0n) is 9.35. The number of hydrogen-bond donors (Lipinski definition) is 0. The summed E-state index contributed by atoms with van der Waals surface area (Å²) in [4.78, 5) is 0.216. The van der Waals surface area contributed by atoms with Crippen molar-refractivity contribution in [3.63, 3.8) is 0 Å². The molecular formula is C12H12BrNO2S. The average molecular weight is 314 g/mol. The Morgan fingerprint density at radius 1 is 1.47 bits per heavy atom. The average Bonchev–Trinajstić information content (AvgIpc) is 2.28. The van der Waals surface area contributed by atoms with Crippen LogP contribution >= 0.6 is 15.9 Å². The number of halogens is 1. The van der Waals surface area contributed by atoms with Crippen LogP contribution in [0, 0.1) is 17.2 Å². The van der Waals surface area contributed by atoms with Gasteiger partial charge in [0.05, 0.1) is 11.0 Å². The fraction of sp³-hybridized carbons (Fsp3) is 0.417. The lowest BCUT2D eigenvalue weighted by molar-refractivity contribution is 0.279. The largest absolute Gasteiger partial charge is 0.222 e. The van der Waals surface area contributed by atoms with Crippen molar-refractivity contribution in [2.75, 3.05) is 0 Å². The predicted octanol–water partition coefficient (Wildman–Crippen LogP) is 2.92. The highest BCUT2D eigenvalue weighted by atomic mass is 79.9. The Morgan fingerprint density at radius 3 is 2.53 bits per heavy atom. The zero-order chi connectivity index (χ0) is 12.7. The van der Waals surface area contributed by atoms with Gasteiger partial charge in [-0.25, -0.2) is 8.42 Å². The fourth-order valence-electron chi connectivity index (χ4n) is 2.18. The minimum absolute atomic E-state index is 0.107. The van der Waals surface area contributed by atoms with Gasteiger partial charge in [0.2, 0.25) is 0 Å². The Labute approximate surface area is 110 Å². The number of hydrogen-bond acceptors (Lipinski definition) is 3. The van der Waals surface area contributed by atoms with E-state index in [1.807, 2.05) is 13.0 Å². The van der Waals surface area contributed by atoms with Crippen LogP contribution in [-0.2, 0) is 9.84 Å². The first-order chi connectivity index (χ1) is 7.95. The highest BCUT2D eigenvalue weighted by Gasteiger charge is 2.56. The van der Waals surface area contributed by atoms with Gasteiger partial charge < -0.3 is 0 Å². The summed E-state index contributed by atoms with van der Waals surface area (Å²) >= 11 is 3.24. The highest BCUT2D eigenvalue weighted by Crippen LogP contribution is 2.47. The molecule has 0 saturated heterocycles. The fourth-order valence-corrected chi connectivity index (χ4v) is 5.23. The molecule has 0 amide bonds. The number of benzene rings is 1. The lowest BCUT2D eigenvalue weighted by Gasteiger charge is -2.41. The van der Waals surface area contributed by atoms with Crippen molar-refractivity contribution in [3.8, 4) is 6.07 Å². The summed E-state index contributed by atoms with van der Waals surface area (Å²) in [5.74, 6) is -0.107. The first-order valence-corrected chi connectivity index (χ1v) is 7.64. The Bertz CT molecular complexity index is 591. The van der Waals surface area contributed by atoms with E-state index in [9.17, 15) is 13.7 Å². The second kappa shape index (κ2) is 4.11. The van der Waals surface area contributed by atoms with Gasteiger partial charge in [0.25, 0.3) is 0 Å². The smallest absolute Gasteiger partial charge is 0.198 e. The summed E-state index contributed by atoms with van der Waals surface area (Å²) in [7, 11) is -3.60. The standard InChI is InChI=1S/C12H12BrNO2S/c1-9-6-7-12(9,8-14)17(15,16)11-5-3-2-4-10(11)13/h2-5,9H,6-7H2,1H3. The highest BCUT2D eigenvalue weighted by molar-refractivity contribution is 9.10. The monoisotopic (exact) mass is 313 g/mol. The Balaban J connectivity index is 2.60. The summed E-state index contributed by atoms with van der Waals surface area (Å²) in [6.45, 7) is 1.82. The third-order valence-electron chi connectivity index (χ3n) is 3.54. The van der Waals surface area contributed by atoms with Crippen LogP contribution in [0.3, 0.4) is 0 Å². The minimum Gasteiger partial charge on any atom is -0.222 e. The SMILES string of the molecule is CC1CCC1(C#N)S(=O)(=O)c1ccccc1Br. The molecular weight excluding hydrogens is 302 g/mol. The summed E-state index contributed by atoms with van der Waals surface area (Å²) in [6, 6.07) is 8.68. The molecule has 1 saturated carbocycles. The maximum absolute atomic E-state index is 12.5. The van der Waals surface area contributed by atoms with E-state index in [1.165, 1.54) is 0 Å². The van der Waals surface area contributed by atoms with Gasteiger partial charge in [-0.05, 0) is 46.8 Å². The molecule has 0 bridgehead atoms. The summed E-state index contributed by atoms with van der Waals surface area (Å²) in [5, 5.41) is 9.25. The van der Waals surface area contributed by atoms with Gasteiger partial charge in [0, 0.05) is 4.47 Å². The molecule has 5 heteroatoms. The molecule has 17 heavy (non-hydrogen) atoms. The molecule has 0 spiro atoms. The van der Waals surface area contributed by atoms with E-state index < -0.39 is 14.6 Å². The molecule has 3 nitrogen and oxygen atoms in total. The maximum Gasteiger partial charge on any atom is 0.198 e. The molecule has 1 aliphatic carbocycles. The van der Waals surface area contributed by atoms with Crippen molar-refractivity contribution >= 4 is 25.8 Å². The molecule has 1 aliphatic rings. The molecule has 2 atom stereocenters. The first kappa shape index (κ1) is 12.6. The van der Waals surface area contributed by atoms with Gasteiger partial charge in [0.15, 0.2) is 14.6 Å². The van der Waals surface area contributed by atoms with Crippen LogP contribution in [0.4, 0.5) is 0 Å². The van der Waals surface area contributed by atoms with Crippen LogP contribution < -0.4 is 0 Å². The van der Waals surface area contributed by atoms with E-state index in [2.05, 4.69) is 15.9 Å². The molecule has 0 radical (unpaired) electrons. The molecule has 1 aromatic carbocycles. The van der Waals surface area contributed by atoms with E-state index in [1.54, 1.807) is 24.3 Å². The molecule has 0 heterocycles. The summed E-state index contributed by atoms with van der Waals surface area (Å²) in [5.41, 5.74) is 0. The maximum atomic E-state index is 12.5. The zero-order valence-corrected chi connectivity index (χ0v) is 11.8. The van der Waals surface area contributed by atoms with Crippen LogP contribution in [0.25, 0.3) is 0 Å². The number of sulfone groups is 1. The summed E-state index contributed by atoms with van der Waals surface area (Å²) < 4.78 is 24.4. The van der Waals surface area contributed by atoms with Crippen molar-refractivity contribution in [2.45, 2.75) is 29.4 Å². The lowest BCUT2D eigenvalue weighted by Crippen LogP contribution is -2.51. The normalized spacial score (nSPS) is 28.2. The van der Waals surface area contributed by atoms with Gasteiger partial charge in [-0.1, -0.05) is 19.1 Å². The topological polar surface area (TPSA) is 57.9 Å². The van der Waals surface area contributed by atoms with Crippen molar-refractivity contribution in [1.82, 2.24) is 0 Å². The van der Waals surface area contributed by atoms with Crippen LogP contribution in [0.5, 0.6) is 0 Å². The van der Waals surface area contributed by atoms with E-state index in [0.717, 1.165) is 6.42 Å². The molecule has 0 aliphatic heterocycles. The molecule has 0 N–H and O–H groups in total. The number of nitriles is 1. The van der Waals surface area contributed by atoms with Crippen molar-refractivity contribution in [3.05, 3.63) is 28.7 Å². The quantitative estimate of drug-likeness (QED) is 0.843. The van der Waals surface area contributed by atoms with Crippen LogP contribution in [-0.4, -0.2) is 13.2 Å². The number of rotatable bonds is 2. The third kappa shape index (κ3) is 1.62. The van der Waals surface area contributed by atoms with Crippen molar-refractivity contribution < 1.29 is 8.42 Å². The molecule has 1 fully saturated rings. The number of nitrogens with zero attached hydrogens (tertiary/aromatic N) is 1. The minimum atomic E-state index is -3.60. The molecule has 0 aromatic heterocycles. The molecule has 2 rings (SSSR count). The van der Waals surface area contributed by atoms with E-state index in [0.29, 0.717) is 10.9 Å². The first-order valence-electron chi connectivity index (χ1n) is 5.36. The lowest BCUT2D eigenvalue weighted by atomic mass is 9.75. The van der Waals surface area contributed by atoms with E-state index >= 15 is 0 Å². The van der Waals surface area contributed by atoms with Gasteiger partial charge in [-0.15, -0.1) is 0 Å². The Morgan fingerprint density at radius 2 is 2.12 bits per heavy atom. The van der Waals surface area contributed by atoms with Gasteiger partial charge in [-0.3, -0.25) is 0 Å². The molecule has 2 unspecified atom stereocenters. The second-order valence-corrected chi connectivity index (χ2v) is 7.40. The second-order valence-electron chi connectivity index (χ2n) is 4.37. The van der Waals surface area contributed by atoms with Crippen molar-refractivity contribution in [2.24, 2.45) is 5.92 Å². The summed E-state index contributed by atoms with van der Waals surface area (Å²) in [6.07, 6.45) is 1.21. The van der Waals surface area contributed by atoms with E-state index in [-0.39, 0.29) is 10.8 Å². The third-order valence-corrected chi connectivity index (χ3v) is 7.09. The van der Waals surface area contributed by atoms with Crippen LogP contribution in [0.1, 0.15) is 19.8 Å². The molecule has 1 aromatic rings. The Kier molecular flexibility index (Phi) is 3.04. The van der Waals surface area contributed by atoms with Gasteiger partial charge in [0.1, 0.15) is 0 Å². The predicted molar refractivity (Wildman–Crippen MR) is 68.1 cm³/mol. The van der Waals surface area contributed by atoms with E-state index in [4.69, 9.17) is 0 Å².